The summed E-state index contributed by atoms with van der Waals surface area (Å²) in [7, 11) is 0. The number of benzene rings is 1. The molecule has 1 N–H and O–H groups in total. The predicted molar refractivity (Wildman–Crippen MR) is 56.2 cm³/mol. The Kier molecular flexibility index (Phi) is 3.19. The van der Waals surface area contributed by atoms with Crippen LogP contribution in [-0.2, 0) is 12.6 Å². The first-order chi connectivity index (χ1) is 7.55. The summed E-state index contributed by atoms with van der Waals surface area (Å²) >= 11 is 0. The standard InChI is InChI=1S/C12H14F3N/c13-12(14,15)10-4-1-3-9(7-10)8-11-5-2-6-16-11/h1,3-4,7,11,16H,2,5-6,8H2. The fraction of sp³-hybridized carbons (Fsp3) is 0.500. The van der Waals surface area contributed by atoms with Crippen LogP contribution in [0.1, 0.15) is 24.0 Å². The molecule has 1 aliphatic rings. The van der Waals surface area contributed by atoms with Gasteiger partial charge in [-0.1, -0.05) is 18.2 Å². The van der Waals surface area contributed by atoms with E-state index in [1.165, 1.54) is 12.1 Å². The number of nitrogens with one attached hydrogen (secondary N) is 1. The fourth-order valence-corrected chi connectivity index (χ4v) is 2.09. The van der Waals surface area contributed by atoms with Gasteiger partial charge in [0.15, 0.2) is 0 Å². The van der Waals surface area contributed by atoms with Gasteiger partial charge in [-0.25, -0.2) is 0 Å². The molecule has 1 aromatic rings. The molecular formula is C12H14F3N. The quantitative estimate of drug-likeness (QED) is 0.822. The van der Waals surface area contributed by atoms with Crippen LogP contribution in [0.2, 0.25) is 0 Å². The van der Waals surface area contributed by atoms with E-state index in [0.29, 0.717) is 12.5 Å². The Morgan fingerprint density at radius 1 is 1.31 bits per heavy atom. The molecule has 1 aliphatic heterocycles. The molecular weight excluding hydrogens is 215 g/mol. The van der Waals surface area contributed by atoms with Crippen molar-refractivity contribution in [2.75, 3.05) is 6.54 Å². The minimum Gasteiger partial charge on any atom is -0.314 e. The van der Waals surface area contributed by atoms with Crippen LogP contribution in [0.3, 0.4) is 0 Å². The number of alkyl halides is 3. The summed E-state index contributed by atoms with van der Waals surface area (Å²) < 4.78 is 37.4. The van der Waals surface area contributed by atoms with E-state index in [2.05, 4.69) is 5.32 Å². The number of hydrogen-bond donors (Lipinski definition) is 1. The van der Waals surface area contributed by atoms with E-state index in [0.717, 1.165) is 31.0 Å². The molecule has 0 amide bonds. The van der Waals surface area contributed by atoms with E-state index >= 15 is 0 Å². The molecule has 1 heterocycles. The zero-order chi connectivity index (χ0) is 11.6. The van der Waals surface area contributed by atoms with Crippen molar-refractivity contribution in [1.82, 2.24) is 5.32 Å². The fourth-order valence-electron chi connectivity index (χ4n) is 2.09. The summed E-state index contributed by atoms with van der Waals surface area (Å²) in [5.41, 5.74) is 0.206. The summed E-state index contributed by atoms with van der Waals surface area (Å²) in [5.74, 6) is 0. The van der Waals surface area contributed by atoms with Crippen LogP contribution in [-0.4, -0.2) is 12.6 Å². The average Bonchev–Trinajstić information content (AvgIpc) is 2.70. The maximum atomic E-state index is 12.5. The van der Waals surface area contributed by atoms with E-state index in [-0.39, 0.29) is 0 Å². The largest absolute Gasteiger partial charge is 0.416 e. The van der Waals surface area contributed by atoms with Crippen molar-refractivity contribution in [1.29, 1.82) is 0 Å². The highest BCUT2D eigenvalue weighted by molar-refractivity contribution is 5.26. The van der Waals surface area contributed by atoms with Crippen molar-refractivity contribution < 1.29 is 13.2 Å². The Labute approximate surface area is 92.7 Å². The number of halogens is 3. The summed E-state index contributed by atoms with van der Waals surface area (Å²) in [5, 5.41) is 3.28. The van der Waals surface area contributed by atoms with Crippen LogP contribution in [0.15, 0.2) is 24.3 Å². The van der Waals surface area contributed by atoms with Crippen molar-refractivity contribution in [3.05, 3.63) is 35.4 Å². The Morgan fingerprint density at radius 3 is 2.75 bits per heavy atom. The Bertz CT molecular complexity index is 354. The minimum atomic E-state index is -4.24. The highest BCUT2D eigenvalue weighted by Gasteiger charge is 2.30. The first kappa shape index (κ1) is 11.5. The first-order valence-corrected chi connectivity index (χ1v) is 5.45. The second kappa shape index (κ2) is 4.45. The summed E-state index contributed by atoms with van der Waals surface area (Å²) in [6.45, 7) is 0.976. The maximum Gasteiger partial charge on any atom is 0.416 e. The second-order valence-corrected chi connectivity index (χ2v) is 4.20. The van der Waals surface area contributed by atoms with Gasteiger partial charge in [-0.3, -0.25) is 0 Å². The van der Waals surface area contributed by atoms with Gasteiger partial charge in [0.05, 0.1) is 5.56 Å². The van der Waals surface area contributed by atoms with Gasteiger partial charge in [0, 0.05) is 6.04 Å². The molecule has 1 atom stereocenters. The molecule has 0 saturated carbocycles. The highest BCUT2D eigenvalue weighted by Crippen LogP contribution is 2.29. The van der Waals surface area contributed by atoms with E-state index in [1.54, 1.807) is 6.07 Å². The predicted octanol–water partition coefficient (Wildman–Crippen LogP) is 3.00. The lowest BCUT2D eigenvalue weighted by Crippen LogP contribution is -2.23. The molecule has 88 valence electrons. The SMILES string of the molecule is FC(F)(F)c1cccc(CC2CCCN2)c1. The molecule has 16 heavy (non-hydrogen) atoms. The molecule has 1 fully saturated rings. The first-order valence-electron chi connectivity index (χ1n) is 5.45. The van der Waals surface area contributed by atoms with Crippen molar-refractivity contribution >= 4 is 0 Å². The lowest BCUT2D eigenvalue weighted by molar-refractivity contribution is -0.137. The van der Waals surface area contributed by atoms with Crippen LogP contribution in [0, 0.1) is 0 Å². The van der Waals surface area contributed by atoms with Crippen LogP contribution in [0.25, 0.3) is 0 Å². The van der Waals surface area contributed by atoms with E-state index < -0.39 is 11.7 Å². The number of hydrogen-bond acceptors (Lipinski definition) is 1. The molecule has 0 aliphatic carbocycles. The Morgan fingerprint density at radius 2 is 2.12 bits per heavy atom. The van der Waals surface area contributed by atoms with Crippen LogP contribution in [0.5, 0.6) is 0 Å². The lowest BCUT2D eigenvalue weighted by atomic mass is 10.0. The number of rotatable bonds is 2. The minimum absolute atomic E-state index is 0.337. The normalized spacial score (nSPS) is 21.3. The van der Waals surface area contributed by atoms with Crippen molar-refractivity contribution in [2.24, 2.45) is 0 Å². The summed E-state index contributed by atoms with van der Waals surface area (Å²) in [4.78, 5) is 0. The molecule has 1 nitrogen and oxygen atoms in total. The summed E-state index contributed by atoms with van der Waals surface area (Å²) in [6.07, 6.45) is -1.39. The van der Waals surface area contributed by atoms with Crippen LogP contribution < -0.4 is 5.32 Å². The van der Waals surface area contributed by atoms with E-state index in [4.69, 9.17) is 0 Å². The van der Waals surface area contributed by atoms with Crippen molar-refractivity contribution in [3.8, 4) is 0 Å². The van der Waals surface area contributed by atoms with Gasteiger partial charge in [-0.2, -0.15) is 13.2 Å². The van der Waals surface area contributed by atoms with Gasteiger partial charge in [0.2, 0.25) is 0 Å². The zero-order valence-corrected chi connectivity index (χ0v) is 8.85. The van der Waals surface area contributed by atoms with Gasteiger partial charge < -0.3 is 5.32 Å². The molecule has 1 unspecified atom stereocenters. The maximum absolute atomic E-state index is 12.5. The van der Waals surface area contributed by atoms with Gasteiger partial charge in [0.25, 0.3) is 0 Å². The third-order valence-electron chi connectivity index (χ3n) is 2.90. The smallest absolute Gasteiger partial charge is 0.314 e. The topological polar surface area (TPSA) is 12.0 Å². The van der Waals surface area contributed by atoms with Gasteiger partial charge in [-0.15, -0.1) is 0 Å². The summed E-state index contributed by atoms with van der Waals surface area (Å²) in [6, 6.07) is 5.94. The molecule has 1 aromatic carbocycles. The van der Waals surface area contributed by atoms with Crippen LogP contribution >= 0.6 is 0 Å². The molecule has 1 saturated heterocycles. The van der Waals surface area contributed by atoms with E-state index in [1.807, 2.05) is 0 Å². The third-order valence-corrected chi connectivity index (χ3v) is 2.90. The monoisotopic (exact) mass is 229 g/mol. The van der Waals surface area contributed by atoms with Crippen LogP contribution in [0.4, 0.5) is 13.2 Å². The lowest BCUT2D eigenvalue weighted by Gasteiger charge is -2.12. The molecule has 0 radical (unpaired) electrons. The van der Waals surface area contributed by atoms with E-state index in [9.17, 15) is 13.2 Å². The molecule has 4 heteroatoms. The zero-order valence-electron chi connectivity index (χ0n) is 8.85. The third kappa shape index (κ3) is 2.76. The Balaban J connectivity index is 2.09. The molecule has 0 spiro atoms. The van der Waals surface area contributed by atoms with Crippen molar-refractivity contribution in [2.45, 2.75) is 31.5 Å². The van der Waals surface area contributed by atoms with Gasteiger partial charge in [-0.05, 0) is 37.4 Å². The average molecular weight is 229 g/mol. The molecule has 2 rings (SSSR count). The second-order valence-electron chi connectivity index (χ2n) is 4.20. The Hall–Kier alpha value is -1.03. The van der Waals surface area contributed by atoms with Gasteiger partial charge >= 0.3 is 6.18 Å². The van der Waals surface area contributed by atoms with Gasteiger partial charge in [0.1, 0.15) is 0 Å². The highest BCUT2D eigenvalue weighted by atomic mass is 19.4. The van der Waals surface area contributed by atoms with Crippen molar-refractivity contribution in [3.63, 3.8) is 0 Å². The molecule has 0 bridgehead atoms. The molecule has 0 aromatic heterocycles.